The van der Waals surface area contributed by atoms with Gasteiger partial charge in [0.25, 0.3) is 0 Å². The average Bonchev–Trinajstić information content (AvgIpc) is 1.88. The molecule has 0 unspecified atom stereocenters. The lowest BCUT2D eigenvalue weighted by atomic mass is 10.3. The van der Waals surface area contributed by atoms with Gasteiger partial charge >= 0.3 is 0 Å². The molecule has 52 valence electrons. The maximum atomic E-state index is 10.5. The van der Waals surface area contributed by atoms with E-state index in [1.54, 1.807) is 0 Å². The average molecular weight is 136 g/mol. The van der Waals surface area contributed by atoms with Gasteiger partial charge in [0, 0.05) is 12.6 Å². The largest absolute Gasteiger partial charge is 0.326 e. The van der Waals surface area contributed by atoms with E-state index in [2.05, 4.69) is 5.32 Å². The van der Waals surface area contributed by atoms with Gasteiger partial charge in [0.1, 0.15) is 0 Å². The summed E-state index contributed by atoms with van der Waals surface area (Å²) in [6.07, 6.45) is 0. The van der Waals surface area contributed by atoms with E-state index in [0.29, 0.717) is 0 Å². The van der Waals surface area contributed by atoms with Gasteiger partial charge in [0.15, 0.2) is 0 Å². The van der Waals surface area contributed by atoms with Gasteiger partial charge in [-0.2, -0.15) is 0 Å². The Bertz CT molecular complexity index is 218. The lowest BCUT2D eigenvalue weighted by Crippen LogP contribution is -2.04. The standard InChI is InChI=1S/C8H9NO/c1-7(10)9-8-5-3-2-4-6-8/h2-6H,1H3,(H,9,10)/i7+1. The van der Waals surface area contributed by atoms with Crippen LogP contribution in [-0.4, -0.2) is 5.91 Å². The second kappa shape index (κ2) is 3.01. The van der Waals surface area contributed by atoms with Crippen molar-refractivity contribution in [1.29, 1.82) is 0 Å². The number of para-hydroxylation sites is 1. The fourth-order valence-corrected chi connectivity index (χ4v) is 0.725. The molecule has 2 nitrogen and oxygen atoms in total. The summed E-state index contributed by atoms with van der Waals surface area (Å²) >= 11 is 0. The molecule has 1 amide bonds. The van der Waals surface area contributed by atoms with E-state index in [4.69, 9.17) is 0 Å². The molecule has 2 heteroatoms. The predicted molar refractivity (Wildman–Crippen MR) is 40.7 cm³/mol. The van der Waals surface area contributed by atoms with Crippen LogP contribution in [0.4, 0.5) is 5.69 Å². The third kappa shape index (κ3) is 1.90. The number of carbonyl (C=O) groups is 1. The highest BCUT2D eigenvalue weighted by molar-refractivity contribution is 5.88. The van der Waals surface area contributed by atoms with Gasteiger partial charge in [-0.25, -0.2) is 0 Å². The molecule has 1 N–H and O–H groups in total. The highest BCUT2D eigenvalue weighted by atomic mass is 16.2. The number of nitrogens with one attached hydrogen (secondary N) is 1. The van der Waals surface area contributed by atoms with E-state index in [9.17, 15) is 4.79 Å². The van der Waals surface area contributed by atoms with Crippen LogP contribution in [0.5, 0.6) is 0 Å². The lowest BCUT2D eigenvalue weighted by molar-refractivity contribution is -0.114. The van der Waals surface area contributed by atoms with Crippen LogP contribution in [0.2, 0.25) is 0 Å². The molecule has 0 heterocycles. The number of rotatable bonds is 1. The first kappa shape index (κ1) is 6.81. The van der Waals surface area contributed by atoms with Gasteiger partial charge in [0.2, 0.25) is 5.91 Å². The summed E-state index contributed by atoms with van der Waals surface area (Å²) in [5, 5.41) is 2.67. The molecule has 0 atom stereocenters. The Morgan fingerprint density at radius 3 is 2.40 bits per heavy atom. The van der Waals surface area contributed by atoms with Crippen LogP contribution < -0.4 is 5.32 Å². The van der Waals surface area contributed by atoms with E-state index < -0.39 is 0 Å². The Morgan fingerprint density at radius 2 is 1.90 bits per heavy atom. The minimum Gasteiger partial charge on any atom is -0.326 e. The van der Waals surface area contributed by atoms with E-state index in [0.717, 1.165) is 5.69 Å². The molecule has 0 aliphatic rings. The molecular weight excluding hydrogens is 127 g/mol. The summed E-state index contributed by atoms with van der Waals surface area (Å²) in [5.74, 6) is -0.0359. The number of carbonyl (C=O) groups excluding carboxylic acids is 1. The minimum atomic E-state index is -0.0359. The SMILES string of the molecule is C[13C](=O)Nc1ccccc1. The molecule has 0 bridgehead atoms. The summed E-state index contributed by atoms with van der Waals surface area (Å²) in [5.41, 5.74) is 0.843. The number of hydrogen-bond donors (Lipinski definition) is 1. The van der Waals surface area contributed by atoms with Gasteiger partial charge in [-0.15, -0.1) is 0 Å². The number of benzene rings is 1. The maximum absolute atomic E-state index is 10.5. The molecule has 10 heavy (non-hydrogen) atoms. The molecular formula is C8H9NO. The fourth-order valence-electron chi connectivity index (χ4n) is 0.725. The molecule has 0 aliphatic heterocycles. The Labute approximate surface area is 59.9 Å². The zero-order chi connectivity index (χ0) is 7.40. The van der Waals surface area contributed by atoms with E-state index in [1.807, 2.05) is 30.3 Å². The van der Waals surface area contributed by atoms with Crippen LogP contribution in [0.15, 0.2) is 30.3 Å². The molecule has 0 saturated heterocycles. The quantitative estimate of drug-likeness (QED) is 0.584. The molecule has 1 aromatic carbocycles. The third-order valence-corrected chi connectivity index (χ3v) is 1.09. The van der Waals surface area contributed by atoms with E-state index in [-0.39, 0.29) is 5.91 Å². The van der Waals surface area contributed by atoms with E-state index in [1.165, 1.54) is 6.92 Å². The minimum absolute atomic E-state index is 0.0359. The normalized spacial score (nSPS) is 8.90. The van der Waals surface area contributed by atoms with Crippen molar-refractivity contribution in [2.75, 3.05) is 5.32 Å². The van der Waals surface area contributed by atoms with Crippen molar-refractivity contribution in [2.24, 2.45) is 0 Å². The molecule has 0 saturated carbocycles. The monoisotopic (exact) mass is 136 g/mol. The van der Waals surface area contributed by atoms with Gasteiger partial charge in [0.05, 0.1) is 0 Å². The fraction of sp³-hybridized carbons (Fsp3) is 0.125. The smallest absolute Gasteiger partial charge is 0.221 e. The van der Waals surface area contributed by atoms with Crippen molar-refractivity contribution >= 4 is 11.6 Å². The summed E-state index contributed by atoms with van der Waals surface area (Å²) < 4.78 is 0. The zero-order valence-corrected chi connectivity index (χ0v) is 5.79. The Morgan fingerprint density at radius 1 is 1.30 bits per heavy atom. The Kier molecular flexibility index (Phi) is 2.05. The van der Waals surface area contributed by atoms with Crippen LogP contribution in [0, 0.1) is 0 Å². The Balaban J connectivity index is 2.67. The van der Waals surface area contributed by atoms with Gasteiger partial charge < -0.3 is 5.32 Å². The van der Waals surface area contributed by atoms with Crippen molar-refractivity contribution in [1.82, 2.24) is 0 Å². The van der Waals surface area contributed by atoms with Crippen molar-refractivity contribution in [3.05, 3.63) is 30.3 Å². The molecule has 0 fully saturated rings. The highest BCUT2D eigenvalue weighted by Gasteiger charge is 1.90. The summed E-state index contributed by atoms with van der Waals surface area (Å²) in [6, 6.07) is 9.37. The molecule has 0 spiro atoms. The van der Waals surface area contributed by atoms with Crippen molar-refractivity contribution in [3.8, 4) is 0 Å². The molecule has 0 aromatic heterocycles. The zero-order valence-electron chi connectivity index (χ0n) is 5.79. The molecule has 1 rings (SSSR count). The van der Waals surface area contributed by atoms with Crippen molar-refractivity contribution in [3.63, 3.8) is 0 Å². The lowest BCUT2D eigenvalue weighted by Gasteiger charge is -1.98. The van der Waals surface area contributed by atoms with Gasteiger partial charge in [-0.1, -0.05) is 18.2 Å². The van der Waals surface area contributed by atoms with Crippen LogP contribution in [0.25, 0.3) is 0 Å². The number of anilines is 1. The van der Waals surface area contributed by atoms with Gasteiger partial charge in [-0.3, -0.25) is 4.79 Å². The predicted octanol–water partition coefficient (Wildman–Crippen LogP) is 1.64. The molecule has 0 aliphatic carbocycles. The molecule has 0 radical (unpaired) electrons. The third-order valence-electron chi connectivity index (χ3n) is 1.09. The first-order chi connectivity index (χ1) is 4.79. The highest BCUT2D eigenvalue weighted by Crippen LogP contribution is 2.03. The number of amides is 1. The summed E-state index contributed by atoms with van der Waals surface area (Å²) in [6.45, 7) is 1.49. The maximum Gasteiger partial charge on any atom is 0.221 e. The summed E-state index contributed by atoms with van der Waals surface area (Å²) in [4.78, 5) is 10.5. The van der Waals surface area contributed by atoms with Gasteiger partial charge in [-0.05, 0) is 12.1 Å². The first-order valence-electron chi connectivity index (χ1n) is 3.11. The summed E-state index contributed by atoms with van der Waals surface area (Å²) in [7, 11) is 0. The van der Waals surface area contributed by atoms with Crippen LogP contribution in [0.1, 0.15) is 6.92 Å². The van der Waals surface area contributed by atoms with Crippen LogP contribution in [-0.2, 0) is 4.79 Å². The van der Waals surface area contributed by atoms with Crippen LogP contribution >= 0.6 is 0 Å². The second-order valence-electron chi connectivity index (χ2n) is 2.05. The first-order valence-corrected chi connectivity index (χ1v) is 3.11. The number of hydrogen-bond acceptors (Lipinski definition) is 1. The second-order valence-corrected chi connectivity index (χ2v) is 2.05. The topological polar surface area (TPSA) is 29.1 Å². The van der Waals surface area contributed by atoms with Crippen LogP contribution in [0.3, 0.4) is 0 Å². The van der Waals surface area contributed by atoms with E-state index >= 15 is 0 Å². The molecule has 1 aromatic rings. The van der Waals surface area contributed by atoms with Crippen molar-refractivity contribution in [2.45, 2.75) is 6.92 Å². The van der Waals surface area contributed by atoms with Crippen molar-refractivity contribution < 1.29 is 4.79 Å². The Hall–Kier alpha value is -1.31.